The molecule has 6 atom stereocenters. The van der Waals surface area contributed by atoms with Crippen molar-refractivity contribution in [1.82, 2.24) is 0 Å². The van der Waals surface area contributed by atoms with Gasteiger partial charge in [-0.25, -0.2) is 0 Å². The highest BCUT2D eigenvalue weighted by atomic mass is 16.7. The summed E-state index contributed by atoms with van der Waals surface area (Å²) in [7, 11) is 0. The van der Waals surface area contributed by atoms with Gasteiger partial charge in [-0.05, 0) is 79.2 Å². The van der Waals surface area contributed by atoms with Gasteiger partial charge in [-0.15, -0.1) is 0 Å². The van der Waals surface area contributed by atoms with Crippen LogP contribution in [-0.2, 0) is 15.9 Å². The molecule has 34 heavy (non-hydrogen) atoms. The van der Waals surface area contributed by atoms with Crippen molar-refractivity contribution in [1.29, 1.82) is 0 Å². The molecule has 1 saturated heterocycles. The number of aliphatic hydroxyl groups is 1. The molecule has 0 radical (unpaired) electrons. The summed E-state index contributed by atoms with van der Waals surface area (Å²) < 4.78 is 12.9. The summed E-state index contributed by atoms with van der Waals surface area (Å²) in [5.41, 5.74) is 6.60. The minimum Gasteiger partial charge on any atom is -0.393 e. The van der Waals surface area contributed by atoms with E-state index in [9.17, 15) is 5.11 Å². The molecule has 0 aromatic heterocycles. The van der Waals surface area contributed by atoms with Gasteiger partial charge >= 0.3 is 0 Å². The lowest BCUT2D eigenvalue weighted by Crippen LogP contribution is -2.52. The van der Waals surface area contributed by atoms with Crippen molar-refractivity contribution in [2.45, 2.75) is 103 Å². The number of allylic oxidation sites excluding steroid dienone is 2. The Labute approximate surface area is 206 Å². The van der Waals surface area contributed by atoms with E-state index in [4.69, 9.17) is 9.47 Å². The summed E-state index contributed by atoms with van der Waals surface area (Å²) in [6.45, 7) is 10.8. The number of aliphatic hydroxyl groups excluding tert-OH is 1. The Kier molecular flexibility index (Phi) is 5.59. The molecule has 0 amide bonds. The van der Waals surface area contributed by atoms with Gasteiger partial charge in [0.2, 0.25) is 0 Å². The minimum atomic E-state index is -0.360. The smallest absolute Gasteiger partial charge is 0.169 e. The number of aryl methyl sites for hydroxylation is 1. The lowest BCUT2D eigenvalue weighted by atomic mass is 9.52. The monoisotopic (exact) mass is 464 g/mol. The lowest BCUT2D eigenvalue weighted by molar-refractivity contribution is -0.312. The van der Waals surface area contributed by atoms with Crippen molar-refractivity contribution in [2.24, 2.45) is 28.6 Å². The molecule has 0 bridgehead atoms. The fourth-order valence-electron chi connectivity index (χ4n) is 8.53. The number of rotatable bonds is 2. The standard InChI is InChI=1S/C31H44O3/c1-5-20-7-6-8-21(15-20)25-17-30(4)26(11-12-27(30)32)24-10-9-22-16-31(14-13-23(22)28(24)25)33-18-29(2,3)19-34-31/h6-8,15,22,24-27,32H,5,9-14,16-19H2,1-4H3. The molecule has 1 N–H and O–H groups in total. The Morgan fingerprint density at radius 2 is 1.79 bits per heavy atom. The van der Waals surface area contributed by atoms with E-state index < -0.39 is 0 Å². The Hall–Kier alpha value is -1.16. The first-order valence-electron chi connectivity index (χ1n) is 14.0. The molecule has 1 aliphatic heterocycles. The van der Waals surface area contributed by atoms with Crippen molar-refractivity contribution >= 4 is 0 Å². The van der Waals surface area contributed by atoms with Crippen LogP contribution in [0.25, 0.3) is 0 Å². The van der Waals surface area contributed by atoms with E-state index in [1.807, 2.05) is 0 Å². The van der Waals surface area contributed by atoms with Gasteiger partial charge in [-0.3, -0.25) is 0 Å². The Bertz CT molecular complexity index is 967. The molecule has 1 spiro atoms. The van der Waals surface area contributed by atoms with E-state index in [1.165, 1.54) is 30.4 Å². The van der Waals surface area contributed by atoms with Crippen LogP contribution >= 0.6 is 0 Å². The molecule has 4 fully saturated rings. The molecule has 6 rings (SSSR count). The molecule has 186 valence electrons. The maximum absolute atomic E-state index is 11.1. The van der Waals surface area contributed by atoms with Gasteiger partial charge in [-0.2, -0.15) is 0 Å². The highest BCUT2D eigenvalue weighted by molar-refractivity contribution is 5.41. The van der Waals surface area contributed by atoms with E-state index in [2.05, 4.69) is 52.0 Å². The van der Waals surface area contributed by atoms with E-state index in [1.54, 1.807) is 11.1 Å². The van der Waals surface area contributed by atoms with Crippen molar-refractivity contribution < 1.29 is 14.6 Å². The van der Waals surface area contributed by atoms with Gasteiger partial charge in [0.15, 0.2) is 5.79 Å². The van der Waals surface area contributed by atoms with Crippen LogP contribution in [0.4, 0.5) is 0 Å². The third kappa shape index (κ3) is 3.64. The van der Waals surface area contributed by atoms with Crippen LogP contribution in [0.15, 0.2) is 35.4 Å². The largest absolute Gasteiger partial charge is 0.393 e. The normalized spacial score (nSPS) is 40.6. The molecule has 3 nitrogen and oxygen atoms in total. The number of hydrogen-bond acceptors (Lipinski definition) is 3. The maximum Gasteiger partial charge on any atom is 0.169 e. The van der Waals surface area contributed by atoms with Gasteiger partial charge < -0.3 is 14.6 Å². The van der Waals surface area contributed by atoms with Crippen LogP contribution in [0.2, 0.25) is 0 Å². The number of benzene rings is 1. The minimum absolute atomic E-state index is 0.0471. The zero-order valence-corrected chi connectivity index (χ0v) is 21.7. The Balaban J connectivity index is 1.39. The number of fused-ring (bicyclic) bond motifs is 4. The van der Waals surface area contributed by atoms with Gasteiger partial charge in [0, 0.05) is 24.2 Å². The first-order valence-corrected chi connectivity index (χ1v) is 14.0. The molecule has 4 aliphatic carbocycles. The zero-order valence-electron chi connectivity index (χ0n) is 21.7. The van der Waals surface area contributed by atoms with Gasteiger partial charge in [0.05, 0.1) is 19.3 Å². The fraction of sp³-hybridized carbons (Fsp3) is 0.742. The second-order valence-corrected chi connectivity index (χ2v) is 13.3. The van der Waals surface area contributed by atoms with Gasteiger partial charge in [0.25, 0.3) is 0 Å². The molecule has 5 aliphatic rings. The van der Waals surface area contributed by atoms with Crippen LogP contribution in [-0.4, -0.2) is 30.2 Å². The predicted octanol–water partition coefficient (Wildman–Crippen LogP) is 6.79. The van der Waals surface area contributed by atoms with Gasteiger partial charge in [0.1, 0.15) is 0 Å². The highest BCUT2D eigenvalue weighted by Gasteiger charge is 2.57. The summed E-state index contributed by atoms with van der Waals surface area (Å²) in [6.07, 6.45) is 9.86. The molecule has 1 heterocycles. The summed E-state index contributed by atoms with van der Waals surface area (Å²) in [5, 5.41) is 11.1. The summed E-state index contributed by atoms with van der Waals surface area (Å²) in [4.78, 5) is 0. The third-order valence-corrected chi connectivity index (χ3v) is 10.5. The summed E-state index contributed by atoms with van der Waals surface area (Å²) in [6, 6.07) is 9.35. The topological polar surface area (TPSA) is 38.7 Å². The molecular formula is C31H44O3. The molecule has 1 aromatic rings. The maximum atomic E-state index is 11.1. The van der Waals surface area contributed by atoms with E-state index in [0.29, 0.717) is 23.7 Å². The lowest BCUT2D eigenvalue weighted by Gasteiger charge is -2.55. The van der Waals surface area contributed by atoms with Crippen molar-refractivity contribution in [3.63, 3.8) is 0 Å². The van der Waals surface area contributed by atoms with Crippen LogP contribution in [0, 0.1) is 28.6 Å². The van der Waals surface area contributed by atoms with Crippen LogP contribution in [0.3, 0.4) is 0 Å². The third-order valence-electron chi connectivity index (χ3n) is 10.5. The first kappa shape index (κ1) is 23.3. The van der Waals surface area contributed by atoms with Crippen LogP contribution < -0.4 is 0 Å². The molecule has 3 saturated carbocycles. The summed E-state index contributed by atoms with van der Waals surface area (Å²) in [5.74, 6) is 1.95. The first-order chi connectivity index (χ1) is 16.2. The predicted molar refractivity (Wildman–Crippen MR) is 136 cm³/mol. The number of hydrogen-bond donors (Lipinski definition) is 1. The Morgan fingerprint density at radius 1 is 1.00 bits per heavy atom. The molecule has 6 unspecified atom stereocenters. The van der Waals surface area contributed by atoms with Crippen molar-refractivity contribution in [3.8, 4) is 0 Å². The second kappa shape index (κ2) is 8.18. The molecule has 3 heteroatoms. The second-order valence-electron chi connectivity index (χ2n) is 13.3. The number of ether oxygens (including phenoxy) is 2. The summed E-state index contributed by atoms with van der Waals surface area (Å²) >= 11 is 0. The average Bonchev–Trinajstić information content (AvgIpc) is 3.14. The zero-order chi connectivity index (χ0) is 23.7. The van der Waals surface area contributed by atoms with E-state index in [-0.39, 0.29) is 22.7 Å². The molecule has 1 aromatic carbocycles. The molecular weight excluding hydrogens is 420 g/mol. The average molecular weight is 465 g/mol. The van der Waals surface area contributed by atoms with Crippen molar-refractivity contribution in [3.05, 3.63) is 46.5 Å². The SMILES string of the molecule is CCc1cccc(C2CC3(C)C(O)CCC3C3CCC4CC5(CCC4=C23)OCC(C)(C)CO5)c1. The Morgan fingerprint density at radius 3 is 2.56 bits per heavy atom. The highest BCUT2D eigenvalue weighted by Crippen LogP contribution is 2.65. The van der Waals surface area contributed by atoms with Crippen LogP contribution in [0.5, 0.6) is 0 Å². The van der Waals surface area contributed by atoms with E-state index >= 15 is 0 Å². The van der Waals surface area contributed by atoms with Crippen molar-refractivity contribution in [2.75, 3.05) is 13.2 Å². The van der Waals surface area contributed by atoms with Crippen LogP contribution in [0.1, 0.15) is 96.1 Å². The van der Waals surface area contributed by atoms with E-state index in [0.717, 1.165) is 51.7 Å². The quantitative estimate of drug-likeness (QED) is 0.490. The fourth-order valence-corrected chi connectivity index (χ4v) is 8.53. The van der Waals surface area contributed by atoms with Gasteiger partial charge in [-0.1, -0.05) is 63.1 Å².